The Labute approximate surface area is 73.5 Å². The lowest BCUT2D eigenvalue weighted by atomic mass is 10.2. The van der Waals surface area contributed by atoms with Crippen LogP contribution in [0.3, 0.4) is 0 Å². The van der Waals surface area contributed by atoms with Crippen molar-refractivity contribution in [2.75, 3.05) is 0 Å². The number of allylic oxidation sites excluding steroid dienone is 4. The molecule has 0 aromatic heterocycles. The molecule has 2 heteroatoms. The molecule has 1 aliphatic rings. The molecule has 66 valence electrons. The van der Waals surface area contributed by atoms with Crippen molar-refractivity contribution in [3.05, 3.63) is 36.0 Å². The van der Waals surface area contributed by atoms with Crippen LogP contribution in [0.1, 0.15) is 20.3 Å². The largest absolute Gasteiger partial charge is 0.366 e. The van der Waals surface area contributed by atoms with Gasteiger partial charge in [-0.2, -0.15) is 0 Å². The van der Waals surface area contributed by atoms with E-state index in [1.807, 2.05) is 32.1 Å². The van der Waals surface area contributed by atoms with Crippen LogP contribution in [0.15, 0.2) is 36.0 Å². The lowest BCUT2D eigenvalue weighted by molar-refractivity contribution is -0.114. The third kappa shape index (κ3) is 3.76. The summed E-state index contributed by atoms with van der Waals surface area (Å²) in [4.78, 5) is 10.6. The van der Waals surface area contributed by atoms with Crippen molar-refractivity contribution in [3.63, 3.8) is 0 Å². The summed E-state index contributed by atoms with van der Waals surface area (Å²) in [6.07, 6.45) is 10.0. The second kappa shape index (κ2) is 6.40. The molecule has 0 bridgehead atoms. The molecule has 0 aromatic rings. The molecule has 2 N–H and O–H groups in total. The summed E-state index contributed by atoms with van der Waals surface area (Å²) in [5.74, 6) is -0.372. The zero-order valence-corrected chi connectivity index (χ0v) is 7.58. The highest BCUT2D eigenvalue weighted by Crippen LogP contribution is 2.02. The first kappa shape index (κ1) is 10.7. The summed E-state index contributed by atoms with van der Waals surface area (Å²) in [5.41, 5.74) is 5.61. The van der Waals surface area contributed by atoms with Crippen LogP contribution in [-0.4, -0.2) is 5.91 Å². The molecule has 2 nitrogen and oxygen atoms in total. The van der Waals surface area contributed by atoms with Crippen LogP contribution in [0.2, 0.25) is 0 Å². The predicted octanol–water partition coefficient (Wildman–Crippen LogP) is 1.94. The number of carbonyl (C=O) groups is 1. The van der Waals surface area contributed by atoms with Gasteiger partial charge in [0.1, 0.15) is 0 Å². The van der Waals surface area contributed by atoms with E-state index in [9.17, 15) is 4.79 Å². The Bertz CT molecular complexity index is 224. The minimum Gasteiger partial charge on any atom is -0.366 e. The van der Waals surface area contributed by atoms with Gasteiger partial charge in [0.05, 0.1) is 0 Å². The number of amides is 1. The Morgan fingerprint density at radius 2 is 2.08 bits per heavy atom. The molecule has 0 unspecified atom stereocenters. The van der Waals surface area contributed by atoms with Crippen molar-refractivity contribution in [3.8, 4) is 0 Å². The van der Waals surface area contributed by atoms with Crippen molar-refractivity contribution in [1.29, 1.82) is 0 Å². The molecule has 1 rings (SSSR count). The van der Waals surface area contributed by atoms with E-state index in [1.54, 1.807) is 12.2 Å². The van der Waals surface area contributed by atoms with Gasteiger partial charge in [-0.3, -0.25) is 4.79 Å². The van der Waals surface area contributed by atoms with Crippen molar-refractivity contribution >= 4 is 5.91 Å². The van der Waals surface area contributed by atoms with Gasteiger partial charge in [0.15, 0.2) is 0 Å². The second-order valence-corrected chi connectivity index (χ2v) is 2.05. The first-order valence-electron chi connectivity index (χ1n) is 4.14. The number of rotatable bonds is 1. The van der Waals surface area contributed by atoms with Crippen LogP contribution in [0, 0.1) is 0 Å². The summed E-state index contributed by atoms with van der Waals surface area (Å²) in [6, 6.07) is 0. The standard InChI is InChI=1S/C8H9NO.C2H6/c9-8(10)7-5-3-1-2-4-6-7;1-2/h1,3-6H,2H2,(H2,9,10);1-2H3. The first-order chi connectivity index (χ1) is 5.80. The van der Waals surface area contributed by atoms with Gasteiger partial charge < -0.3 is 5.73 Å². The van der Waals surface area contributed by atoms with Gasteiger partial charge in [-0.25, -0.2) is 0 Å². The molecule has 0 aromatic carbocycles. The Balaban J connectivity index is 0.000000561. The van der Waals surface area contributed by atoms with Crippen molar-refractivity contribution in [1.82, 2.24) is 0 Å². The lowest BCUT2D eigenvalue weighted by Crippen LogP contribution is -2.11. The van der Waals surface area contributed by atoms with Crippen LogP contribution < -0.4 is 5.73 Å². The Morgan fingerprint density at radius 1 is 1.42 bits per heavy atom. The highest BCUT2D eigenvalue weighted by molar-refractivity contribution is 5.95. The minimum atomic E-state index is -0.372. The summed E-state index contributed by atoms with van der Waals surface area (Å²) in [7, 11) is 0. The zero-order chi connectivity index (χ0) is 9.40. The maximum atomic E-state index is 10.6. The normalized spacial score (nSPS) is 14.0. The summed E-state index contributed by atoms with van der Waals surface area (Å²) in [5, 5.41) is 0. The molecule has 0 aliphatic heterocycles. The summed E-state index contributed by atoms with van der Waals surface area (Å²) >= 11 is 0. The SMILES string of the molecule is CC.NC(=O)C1=CC=CCC=C1. The molecule has 12 heavy (non-hydrogen) atoms. The van der Waals surface area contributed by atoms with Gasteiger partial charge in [-0.05, 0) is 12.5 Å². The van der Waals surface area contributed by atoms with E-state index in [2.05, 4.69) is 0 Å². The quantitative estimate of drug-likeness (QED) is 0.634. The molecule has 0 atom stereocenters. The molecule has 0 heterocycles. The van der Waals surface area contributed by atoms with E-state index < -0.39 is 0 Å². The summed E-state index contributed by atoms with van der Waals surface area (Å²) in [6.45, 7) is 4.00. The molecule has 0 fully saturated rings. The van der Waals surface area contributed by atoms with Gasteiger partial charge in [0.25, 0.3) is 0 Å². The van der Waals surface area contributed by atoms with Crippen LogP contribution >= 0.6 is 0 Å². The fourth-order valence-electron chi connectivity index (χ4n) is 0.744. The smallest absolute Gasteiger partial charge is 0.248 e. The van der Waals surface area contributed by atoms with Crippen molar-refractivity contribution in [2.24, 2.45) is 5.73 Å². The zero-order valence-electron chi connectivity index (χ0n) is 7.58. The third-order valence-electron chi connectivity index (χ3n) is 1.27. The predicted molar refractivity (Wildman–Crippen MR) is 51.5 cm³/mol. The highest BCUT2D eigenvalue weighted by atomic mass is 16.1. The maximum absolute atomic E-state index is 10.6. The number of primary amides is 1. The average Bonchev–Trinajstić information content (AvgIpc) is 2.35. The molecule has 0 saturated heterocycles. The monoisotopic (exact) mass is 165 g/mol. The molecule has 0 saturated carbocycles. The van der Waals surface area contributed by atoms with E-state index >= 15 is 0 Å². The van der Waals surface area contributed by atoms with Crippen LogP contribution in [0.4, 0.5) is 0 Å². The topological polar surface area (TPSA) is 43.1 Å². The Morgan fingerprint density at radius 3 is 2.67 bits per heavy atom. The van der Waals surface area contributed by atoms with Gasteiger partial charge >= 0.3 is 0 Å². The minimum absolute atomic E-state index is 0.372. The highest BCUT2D eigenvalue weighted by Gasteiger charge is 1.98. The number of carbonyl (C=O) groups excluding carboxylic acids is 1. The molecule has 0 radical (unpaired) electrons. The fraction of sp³-hybridized carbons (Fsp3) is 0.300. The molecular formula is C10H15NO. The number of hydrogen-bond donors (Lipinski definition) is 1. The van der Waals surface area contributed by atoms with Crippen molar-refractivity contribution in [2.45, 2.75) is 20.3 Å². The number of nitrogens with two attached hydrogens (primary N) is 1. The molecule has 1 amide bonds. The lowest BCUT2D eigenvalue weighted by Gasteiger charge is -1.89. The van der Waals surface area contributed by atoms with E-state index in [1.165, 1.54) is 0 Å². The van der Waals surface area contributed by atoms with Crippen molar-refractivity contribution < 1.29 is 4.79 Å². The second-order valence-electron chi connectivity index (χ2n) is 2.05. The first-order valence-corrected chi connectivity index (χ1v) is 4.14. The van der Waals surface area contributed by atoms with Gasteiger partial charge in [-0.1, -0.05) is 38.2 Å². The fourth-order valence-corrected chi connectivity index (χ4v) is 0.744. The number of hydrogen-bond acceptors (Lipinski definition) is 1. The van der Waals surface area contributed by atoms with Crippen LogP contribution in [0.5, 0.6) is 0 Å². The third-order valence-corrected chi connectivity index (χ3v) is 1.27. The average molecular weight is 165 g/mol. The van der Waals surface area contributed by atoms with Crippen LogP contribution in [-0.2, 0) is 4.79 Å². The van der Waals surface area contributed by atoms with Gasteiger partial charge in [0.2, 0.25) is 5.91 Å². The van der Waals surface area contributed by atoms with E-state index in [0.29, 0.717) is 5.57 Å². The summed E-state index contributed by atoms with van der Waals surface area (Å²) < 4.78 is 0. The Kier molecular flexibility index (Phi) is 5.70. The van der Waals surface area contributed by atoms with E-state index in [4.69, 9.17) is 5.73 Å². The maximum Gasteiger partial charge on any atom is 0.248 e. The van der Waals surface area contributed by atoms with Crippen LogP contribution in [0.25, 0.3) is 0 Å². The molecule has 1 aliphatic carbocycles. The Hall–Kier alpha value is -1.31. The van der Waals surface area contributed by atoms with Gasteiger partial charge in [-0.15, -0.1) is 0 Å². The van der Waals surface area contributed by atoms with E-state index in [-0.39, 0.29) is 5.91 Å². The molecular weight excluding hydrogens is 150 g/mol. The van der Waals surface area contributed by atoms with Gasteiger partial charge in [0, 0.05) is 5.57 Å². The van der Waals surface area contributed by atoms with E-state index in [0.717, 1.165) is 6.42 Å². The molecule has 0 spiro atoms.